The maximum Gasteiger partial charge on any atom is 1.00 e. The van der Waals surface area contributed by atoms with Crippen LogP contribution in [-0.2, 0) is 26.0 Å². The number of imidazole rings is 1. The van der Waals surface area contributed by atoms with Crippen molar-refractivity contribution in [2.24, 2.45) is 5.92 Å². The standard InChI is InChI=1S/C22H25N3O6S.Na.H/c1-13-17(23-5-4-18(13)27-8-14-9-30-22(2,3)31-10-14)11-32(26)21-24-15-6-19-20(29-12-28-19)7-16(15)25-21;;/h4-7,14H,8-12H2,1-3H3,(H,24,25);;/q;+1;-1. The first kappa shape index (κ1) is 24.4. The molecule has 1 fully saturated rings. The van der Waals surface area contributed by atoms with E-state index in [1.165, 1.54) is 0 Å². The van der Waals surface area contributed by atoms with Crippen molar-refractivity contribution in [3.05, 3.63) is 35.7 Å². The van der Waals surface area contributed by atoms with E-state index in [4.69, 9.17) is 23.7 Å². The van der Waals surface area contributed by atoms with Gasteiger partial charge in [0, 0.05) is 29.8 Å². The van der Waals surface area contributed by atoms with E-state index in [0.717, 1.165) is 11.1 Å². The molecule has 2 aliphatic heterocycles. The van der Waals surface area contributed by atoms with Crippen molar-refractivity contribution >= 4 is 21.8 Å². The zero-order valence-corrected chi connectivity index (χ0v) is 22.0. The Balaban J connectivity index is 0.00000162. The Kier molecular flexibility index (Phi) is 7.32. The van der Waals surface area contributed by atoms with Gasteiger partial charge in [0.1, 0.15) is 5.75 Å². The molecule has 0 spiro atoms. The molecule has 3 aromatic rings. The van der Waals surface area contributed by atoms with Crippen molar-refractivity contribution in [3.8, 4) is 17.2 Å². The number of rotatable bonds is 6. The number of hydrogen-bond acceptors (Lipinski definition) is 8. The van der Waals surface area contributed by atoms with Crippen molar-refractivity contribution in [1.82, 2.24) is 15.0 Å². The van der Waals surface area contributed by atoms with Crippen molar-refractivity contribution < 1.29 is 58.9 Å². The number of pyridine rings is 1. The molecule has 0 bridgehead atoms. The molecule has 172 valence electrons. The van der Waals surface area contributed by atoms with Crippen LogP contribution in [0.4, 0.5) is 0 Å². The summed E-state index contributed by atoms with van der Waals surface area (Å²) in [6, 6.07) is 5.41. The molecule has 1 aromatic carbocycles. The minimum atomic E-state index is -1.41. The maximum atomic E-state index is 13.0. The second-order valence-corrected chi connectivity index (χ2v) is 9.70. The van der Waals surface area contributed by atoms with Gasteiger partial charge in [-0.05, 0) is 26.8 Å². The molecule has 33 heavy (non-hydrogen) atoms. The van der Waals surface area contributed by atoms with Gasteiger partial charge in [0.2, 0.25) is 6.79 Å². The van der Waals surface area contributed by atoms with Gasteiger partial charge in [0.15, 0.2) is 22.4 Å². The molecule has 11 heteroatoms. The van der Waals surface area contributed by atoms with Crippen LogP contribution in [0.2, 0.25) is 0 Å². The Morgan fingerprint density at radius 2 is 1.97 bits per heavy atom. The monoisotopic (exact) mass is 483 g/mol. The number of H-pyrrole nitrogens is 1. The van der Waals surface area contributed by atoms with Crippen LogP contribution in [-0.4, -0.2) is 51.6 Å². The smallest absolute Gasteiger partial charge is 1.00 e. The molecule has 0 amide bonds. The van der Waals surface area contributed by atoms with E-state index in [0.29, 0.717) is 53.4 Å². The van der Waals surface area contributed by atoms with Crippen LogP contribution in [0, 0.1) is 12.8 Å². The van der Waals surface area contributed by atoms with Crippen molar-refractivity contribution in [2.45, 2.75) is 37.5 Å². The Bertz CT molecular complexity index is 1140. The molecule has 0 saturated carbocycles. The Hall–Kier alpha value is -1.69. The fourth-order valence-electron chi connectivity index (χ4n) is 3.57. The van der Waals surface area contributed by atoms with Crippen LogP contribution in [0.25, 0.3) is 11.0 Å². The van der Waals surface area contributed by atoms with Crippen LogP contribution in [0.5, 0.6) is 17.2 Å². The summed E-state index contributed by atoms with van der Waals surface area (Å²) in [6.07, 6.45) is 1.67. The number of hydrogen-bond donors (Lipinski definition) is 1. The van der Waals surface area contributed by atoms with Gasteiger partial charge < -0.3 is 30.1 Å². The molecule has 1 atom stereocenters. The summed E-state index contributed by atoms with van der Waals surface area (Å²) in [5.41, 5.74) is 2.99. The van der Waals surface area contributed by atoms with Crippen LogP contribution in [0.1, 0.15) is 26.5 Å². The summed E-state index contributed by atoms with van der Waals surface area (Å²) in [7, 11) is -1.41. The molecule has 1 N–H and O–H groups in total. The number of nitrogens with one attached hydrogen (secondary N) is 1. The minimum absolute atomic E-state index is 0. The number of aromatic amines is 1. The molecule has 1 saturated heterocycles. The average molecular weight is 484 g/mol. The van der Waals surface area contributed by atoms with Gasteiger partial charge in [0.05, 0.1) is 53.1 Å². The van der Waals surface area contributed by atoms with Crippen LogP contribution in [0.15, 0.2) is 29.6 Å². The second-order valence-electron chi connectivity index (χ2n) is 8.33. The summed E-state index contributed by atoms with van der Waals surface area (Å²) in [5, 5.41) is 0.385. The molecule has 2 aromatic heterocycles. The fourth-order valence-corrected chi connectivity index (χ4v) is 4.67. The van der Waals surface area contributed by atoms with E-state index in [2.05, 4.69) is 15.0 Å². The Labute approximate surface area is 217 Å². The minimum Gasteiger partial charge on any atom is -1.00 e. The predicted molar refractivity (Wildman–Crippen MR) is 117 cm³/mol. The average Bonchev–Trinajstić information content (AvgIpc) is 3.39. The summed E-state index contributed by atoms with van der Waals surface area (Å²) in [4.78, 5) is 12.0. The van der Waals surface area contributed by atoms with Crippen molar-refractivity contribution in [3.63, 3.8) is 0 Å². The van der Waals surface area contributed by atoms with Gasteiger partial charge in [-0.2, -0.15) is 0 Å². The molecule has 9 nitrogen and oxygen atoms in total. The number of aromatic nitrogens is 3. The van der Waals surface area contributed by atoms with Gasteiger partial charge >= 0.3 is 29.6 Å². The van der Waals surface area contributed by atoms with Crippen LogP contribution in [0.3, 0.4) is 0 Å². The number of fused-ring (bicyclic) bond motifs is 2. The number of nitrogens with zero attached hydrogens (tertiary/aromatic N) is 2. The fraction of sp³-hybridized carbons (Fsp3) is 0.455. The SMILES string of the molecule is Cc1c(OCC2COC(C)(C)OC2)ccnc1CS(=O)c1nc2cc3c(cc2[nH]1)OCO3.[H-].[Na+]. The molecular formula is C22H26N3NaO6S. The third kappa shape index (κ3) is 5.36. The van der Waals surface area contributed by atoms with Crippen molar-refractivity contribution in [2.75, 3.05) is 26.6 Å². The van der Waals surface area contributed by atoms with E-state index in [9.17, 15) is 4.21 Å². The maximum absolute atomic E-state index is 13.0. The Morgan fingerprint density at radius 1 is 1.24 bits per heavy atom. The van der Waals surface area contributed by atoms with E-state index in [1.807, 2.05) is 32.9 Å². The van der Waals surface area contributed by atoms with E-state index in [-0.39, 0.29) is 49.4 Å². The quantitative estimate of drug-likeness (QED) is 0.496. The number of ether oxygens (including phenoxy) is 5. The zero-order chi connectivity index (χ0) is 22.3. The molecule has 2 aliphatic rings. The van der Waals surface area contributed by atoms with E-state index >= 15 is 0 Å². The summed E-state index contributed by atoms with van der Waals surface area (Å²) in [5.74, 6) is 1.83. The molecule has 0 radical (unpaired) electrons. The molecule has 0 aliphatic carbocycles. The summed E-state index contributed by atoms with van der Waals surface area (Å²) >= 11 is 0. The topological polar surface area (TPSA) is 105 Å². The third-order valence-electron chi connectivity index (χ3n) is 5.50. The van der Waals surface area contributed by atoms with Crippen LogP contribution >= 0.6 is 0 Å². The van der Waals surface area contributed by atoms with Crippen LogP contribution < -0.4 is 43.8 Å². The first-order valence-electron chi connectivity index (χ1n) is 10.4. The normalized spacial score (nSPS) is 18.2. The molecule has 1 unspecified atom stereocenters. The third-order valence-corrected chi connectivity index (χ3v) is 6.66. The van der Waals surface area contributed by atoms with Gasteiger partial charge in [-0.1, -0.05) is 0 Å². The van der Waals surface area contributed by atoms with E-state index in [1.54, 1.807) is 12.3 Å². The van der Waals surface area contributed by atoms with Gasteiger partial charge in [0.25, 0.3) is 0 Å². The molecular weight excluding hydrogens is 457 g/mol. The van der Waals surface area contributed by atoms with Gasteiger partial charge in [-0.25, -0.2) is 4.98 Å². The largest absolute Gasteiger partial charge is 1.00 e. The first-order chi connectivity index (χ1) is 15.4. The van der Waals surface area contributed by atoms with Gasteiger partial charge in [-0.15, -0.1) is 0 Å². The zero-order valence-electron chi connectivity index (χ0n) is 20.2. The summed E-state index contributed by atoms with van der Waals surface area (Å²) in [6.45, 7) is 7.56. The second kappa shape index (κ2) is 9.89. The van der Waals surface area contributed by atoms with E-state index < -0.39 is 16.6 Å². The van der Waals surface area contributed by atoms with Gasteiger partial charge in [-0.3, -0.25) is 9.19 Å². The number of benzene rings is 1. The van der Waals surface area contributed by atoms with Crippen molar-refractivity contribution in [1.29, 1.82) is 0 Å². The Morgan fingerprint density at radius 3 is 2.73 bits per heavy atom. The predicted octanol–water partition coefficient (Wildman–Crippen LogP) is 0.197. The first-order valence-corrected chi connectivity index (χ1v) is 11.7. The molecule has 5 rings (SSSR count). The molecule has 4 heterocycles. The summed E-state index contributed by atoms with van der Waals surface area (Å²) < 4.78 is 41.2.